The van der Waals surface area contributed by atoms with Gasteiger partial charge in [0.2, 0.25) is 0 Å². The van der Waals surface area contributed by atoms with Crippen molar-refractivity contribution in [2.45, 2.75) is 6.92 Å². The zero-order chi connectivity index (χ0) is 21.8. The summed E-state index contributed by atoms with van der Waals surface area (Å²) < 4.78 is 10.5. The molecule has 1 aromatic heterocycles. The van der Waals surface area contributed by atoms with Gasteiger partial charge in [0.1, 0.15) is 22.6 Å². The summed E-state index contributed by atoms with van der Waals surface area (Å²) in [4.78, 5) is 29.0. The van der Waals surface area contributed by atoms with Crippen LogP contribution in [-0.4, -0.2) is 23.9 Å². The van der Waals surface area contributed by atoms with E-state index in [0.717, 1.165) is 22.4 Å². The van der Waals surface area contributed by atoms with Gasteiger partial charge in [-0.2, -0.15) is 0 Å². The molecule has 0 aliphatic rings. The van der Waals surface area contributed by atoms with E-state index in [2.05, 4.69) is 4.99 Å². The van der Waals surface area contributed by atoms with Crippen LogP contribution in [0.1, 0.15) is 12.5 Å². The number of esters is 1. The molecule has 4 aromatic rings. The Morgan fingerprint density at radius 3 is 2.55 bits per heavy atom. The van der Waals surface area contributed by atoms with Gasteiger partial charge in [-0.15, -0.1) is 0 Å². The number of fused-ring (bicyclic) bond motifs is 3. The molecule has 0 spiro atoms. The summed E-state index contributed by atoms with van der Waals surface area (Å²) in [5.74, 6) is -1.04. The maximum absolute atomic E-state index is 12.4. The molecule has 1 heterocycles. The molecule has 4 rings (SSSR count). The van der Waals surface area contributed by atoms with Crippen LogP contribution in [0.4, 0.5) is 5.69 Å². The topological polar surface area (TPSA) is 89.1 Å². The molecule has 0 unspecified atom stereocenters. The van der Waals surface area contributed by atoms with Crippen LogP contribution in [0.25, 0.3) is 27.5 Å². The van der Waals surface area contributed by atoms with Gasteiger partial charge in [-0.1, -0.05) is 60.7 Å². The maximum Gasteiger partial charge on any atom is 0.362 e. The maximum atomic E-state index is 12.4. The van der Waals surface area contributed by atoms with Gasteiger partial charge >= 0.3 is 11.6 Å². The fourth-order valence-corrected chi connectivity index (χ4v) is 3.26. The molecule has 0 aliphatic heterocycles. The molecule has 0 atom stereocenters. The Balaban J connectivity index is 1.84. The fourth-order valence-electron chi connectivity index (χ4n) is 3.26. The second kappa shape index (κ2) is 8.67. The van der Waals surface area contributed by atoms with Crippen molar-refractivity contribution < 1.29 is 19.1 Å². The third-order valence-electron chi connectivity index (χ3n) is 4.75. The van der Waals surface area contributed by atoms with Crippen molar-refractivity contribution in [3.05, 3.63) is 94.4 Å². The number of nitrogens with zero attached hydrogens (tertiary/aromatic N) is 1. The average molecular weight is 413 g/mol. The minimum absolute atomic E-state index is 0.00603. The molecule has 0 fully saturated rings. The molecule has 0 saturated heterocycles. The van der Waals surface area contributed by atoms with E-state index in [1.807, 2.05) is 30.3 Å². The van der Waals surface area contributed by atoms with E-state index in [-0.39, 0.29) is 23.6 Å². The van der Waals surface area contributed by atoms with Crippen molar-refractivity contribution in [3.8, 4) is 0 Å². The third kappa shape index (κ3) is 4.09. The Bertz CT molecular complexity index is 1380. The minimum atomic E-state index is -0.747. The van der Waals surface area contributed by atoms with Gasteiger partial charge in [-0.3, -0.25) is 0 Å². The number of aliphatic hydroxyl groups excluding tert-OH is 1. The smallest absolute Gasteiger partial charge is 0.362 e. The van der Waals surface area contributed by atoms with Gasteiger partial charge in [0.05, 0.1) is 6.61 Å². The van der Waals surface area contributed by atoms with Gasteiger partial charge in [0.25, 0.3) is 0 Å². The average Bonchev–Trinajstić information content (AvgIpc) is 2.80. The summed E-state index contributed by atoms with van der Waals surface area (Å²) in [6.07, 6.45) is 1.13. The number of ether oxygens (including phenoxy) is 1. The van der Waals surface area contributed by atoms with Crippen LogP contribution in [0.15, 0.2) is 92.6 Å². The van der Waals surface area contributed by atoms with Crippen molar-refractivity contribution in [3.63, 3.8) is 0 Å². The molecule has 1 N–H and O–H groups in total. The Morgan fingerprint density at radius 1 is 1.03 bits per heavy atom. The van der Waals surface area contributed by atoms with Gasteiger partial charge in [-0.25, -0.2) is 14.6 Å². The number of aliphatic hydroxyl groups is 1. The second-order valence-corrected chi connectivity index (χ2v) is 6.72. The predicted molar refractivity (Wildman–Crippen MR) is 121 cm³/mol. The SMILES string of the molecule is CCOC(=O)/C(C=Nc1cc2c(ccc3ccccc32)oc1=O)=C(\O)c1ccccc1. The van der Waals surface area contributed by atoms with Gasteiger partial charge in [0.15, 0.2) is 0 Å². The quantitative estimate of drug-likeness (QED) is 0.122. The van der Waals surface area contributed by atoms with E-state index < -0.39 is 11.6 Å². The van der Waals surface area contributed by atoms with E-state index in [1.54, 1.807) is 49.4 Å². The standard InChI is InChI=1S/C25H19NO5/c1-2-30-24(28)20(23(27)17-9-4-3-5-10-17)15-26-21-14-19-18-11-7-6-8-16(18)12-13-22(19)31-25(21)29/h3-15,27H,2H2,1H3/b23-20-,26-15?. The summed E-state index contributed by atoms with van der Waals surface area (Å²) >= 11 is 0. The van der Waals surface area contributed by atoms with Crippen molar-refractivity contribution in [2.75, 3.05) is 6.61 Å². The first-order valence-corrected chi connectivity index (χ1v) is 9.74. The first-order valence-electron chi connectivity index (χ1n) is 9.74. The lowest BCUT2D eigenvalue weighted by Gasteiger charge is -2.07. The van der Waals surface area contributed by atoms with Crippen LogP contribution >= 0.6 is 0 Å². The van der Waals surface area contributed by atoms with E-state index in [4.69, 9.17) is 9.15 Å². The van der Waals surface area contributed by atoms with Crippen LogP contribution in [0.3, 0.4) is 0 Å². The van der Waals surface area contributed by atoms with E-state index in [0.29, 0.717) is 11.1 Å². The highest BCUT2D eigenvalue weighted by Crippen LogP contribution is 2.27. The Hall–Kier alpha value is -4.19. The number of hydrogen-bond acceptors (Lipinski definition) is 6. The summed E-state index contributed by atoms with van der Waals surface area (Å²) in [5, 5.41) is 13.2. The molecule has 6 heteroatoms. The van der Waals surface area contributed by atoms with Crippen molar-refractivity contribution in [1.29, 1.82) is 0 Å². The van der Waals surface area contributed by atoms with Crippen molar-refractivity contribution in [1.82, 2.24) is 0 Å². The van der Waals surface area contributed by atoms with E-state index in [9.17, 15) is 14.7 Å². The Kier molecular flexibility index (Phi) is 5.62. The van der Waals surface area contributed by atoms with Crippen molar-refractivity contribution >= 4 is 45.4 Å². The van der Waals surface area contributed by atoms with Crippen LogP contribution < -0.4 is 5.63 Å². The highest BCUT2D eigenvalue weighted by Gasteiger charge is 2.17. The lowest BCUT2D eigenvalue weighted by Crippen LogP contribution is -2.11. The Labute approximate surface area is 177 Å². The summed E-state index contributed by atoms with van der Waals surface area (Å²) in [6.45, 7) is 1.79. The lowest BCUT2D eigenvalue weighted by molar-refractivity contribution is -0.137. The molecule has 0 bridgehead atoms. The Morgan fingerprint density at radius 2 is 1.77 bits per heavy atom. The fraction of sp³-hybridized carbons (Fsp3) is 0.0800. The normalized spacial score (nSPS) is 12.3. The molecule has 154 valence electrons. The first kappa shape index (κ1) is 20.1. The van der Waals surface area contributed by atoms with Gasteiger partial charge in [0, 0.05) is 17.2 Å². The van der Waals surface area contributed by atoms with Crippen molar-refractivity contribution in [2.24, 2.45) is 4.99 Å². The number of rotatable bonds is 5. The van der Waals surface area contributed by atoms with E-state index in [1.165, 1.54) is 0 Å². The van der Waals surface area contributed by atoms with E-state index >= 15 is 0 Å². The van der Waals surface area contributed by atoms with Crippen LogP contribution in [-0.2, 0) is 9.53 Å². The van der Waals surface area contributed by atoms with Crippen LogP contribution in [0.2, 0.25) is 0 Å². The molecule has 3 aromatic carbocycles. The lowest BCUT2D eigenvalue weighted by atomic mass is 10.1. The first-order chi connectivity index (χ1) is 15.1. The summed E-state index contributed by atoms with van der Waals surface area (Å²) in [5.41, 5.74) is 0.0582. The van der Waals surface area contributed by atoms with Crippen LogP contribution in [0, 0.1) is 0 Å². The van der Waals surface area contributed by atoms with Gasteiger partial charge < -0.3 is 14.3 Å². The number of carbonyl (C=O) groups is 1. The molecule has 0 radical (unpaired) electrons. The highest BCUT2D eigenvalue weighted by molar-refractivity contribution is 6.15. The molecule has 6 nitrogen and oxygen atoms in total. The molecule has 0 amide bonds. The number of carbonyl (C=O) groups excluding carboxylic acids is 1. The second-order valence-electron chi connectivity index (χ2n) is 6.72. The zero-order valence-electron chi connectivity index (χ0n) is 16.7. The predicted octanol–water partition coefficient (Wildman–Crippen LogP) is 5.18. The third-order valence-corrected chi connectivity index (χ3v) is 4.75. The number of benzene rings is 3. The molecule has 0 saturated carbocycles. The molecule has 0 aliphatic carbocycles. The number of hydrogen-bond donors (Lipinski definition) is 1. The highest BCUT2D eigenvalue weighted by atomic mass is 16.5. The molecular formula is C25H19NO5. The summed E-state index contributed by atoms with van der Waals surface area (Å²) in [6, 6.07) is 21.5. The minimum Gasteiger partial charge on any atom is -0.506 e. The van der Waals surface area contributed by atoms with Gasteiger partial charge in [-0.05, 0) is 29.8 Å². The number of aliphatic imine (C=N–C) groups is 1. The molecule has 31 heavy (non-hydrogen) atoms. The zero-order valence-corrected chi connectivity index (χ0v) is 16.7. The summed E-state index contributed by atoms with van der Waals surface area (Å²) in [7, 11) is 0. The monoisotopic (exact) mass is 413 g/mol. The molecular weight excluding hydrogens is 394 g/mol. The van der Waals surface area contributed by atoms with Crippen LogP contribution in [0.5, 0.6) is 0 Å². The largest absolute Gasteiger partial charge is 0.506 e.